The van der Waals surface area contributed by atoms with Crippen LogP contribution < -0.4 is 9.64 Å². The molecule has 0 fully saturated rings. The summed E-state index contributed by atoms with van der Waals surface area (Å²) in [7, 11) is 0. The Morgan fingerprint density at radius 1 is 1.16 bits per heavy atom. The second-order valence-corrected chi connectivity index (χ2v) is 8.74. The lowest BCUT2D eigenvalue weighted by Crippen LogP contribution is -2.28. The van der Waals surface area contributed by atoms with E-state index in [1.807, 2.05) is 66.9 Å². The molecule has 8 heteroatoms. The van der Waals surface area contributed by atoms with Crippen LogP contribution in [0, 0.1) is 6.92 Å². The normalized spacial score (nSPS) is 10.8. The van der Waals surface area contributed by atoms with E-state index in [0.29, 0.717) is 29.7 Å². The third-order valence-corrected chi connectivity index (χ3v) is 6.05. The molecule has 0 aliphatic heterocycles. The number of thiophene rings is 1. The van der Waals surface area contributed by atoms with Crippen LogP contribution in [-0.2, 0) is 19.7 Å². The summed E-state index contributed by atoms with van der Waals surface area (Å²) in [5.74, 6) is 1.10. The summed E-state index contributed by atoms with van der Waals surface area (Å²) in [5.41, 5.74) is 2.77. The summed E-state index contributed by atoms with van der Waals surface area (Å²) in [5, 5.41) is 16.8. The van der Waals surface area contributed by atoms with E-state index >= 15 is 0 Å². The molecule has 0 radical (unpaired) electrons. The van der Waals surface area contributed by atoms with Crippen molar-refractivity contribution in [1.29, 1.82) is 0 Å². The highest BCUT2D eigenvalue weighted by Crippen LogP contribution is 2.26. The fourth-order valence-corrected chi connectivity index (χ4v) is 4.19. The first-order valence-corrected chi connectivity index (χ1v) is 11.3. The van der Waals surface area contributed by atoms with Gasteiger partial charge in [0.25, 0.3) is 0 Å². The van der Waals surface area contributed by atoms with Crippen molar-refractivity contribution in [2.24, 2.45) is 0 Å². The van der Waals surface area contributed by atoms with E-state index in [2.05, 4.69) is 5.10 Å². The maximum Gasteiger partial charge on any atom is 0.413 e. The molecule has 2 heterocycles. The number of benzene rings is 2. The Morgan fingerprint density at radius 2 is 1.97 bits per heavy atom. The molecule has 4 rings (SSSR count). The molecule has 6 nitrogen and oxygen atoms in total. The van der Waals surface area contributed by atoms with Crippen molar-refractivity contribution < 1.29 is 14.6 Å². The first-order valence-electron chi connectivity index (χ1n) is 10.0. The molecule has 0 saturated carbocycles. The second-order valence-electron chi connectivity index (χ2n) is 7.28. The molecule has 2 aromatic carbocycles. The average Bonchev–Trinajstić information content (AvgIpc) is 3.42. The van der Waals surface area contributed by atoms with Gasteiger partial charge in [-0.05, 0) is 42.1 Å². The lowest BCUT2D eigenvalue weighted by atomic mass is 10.2. The number of hydrogen-bond donors (Lipinski definition) is 1. The van der Waals surface area contributed by atoms with Crippen molar-refractivity contribution in [3.05, 3.63) is 98.8 Å². The van der Waals surface area contributed by atoms with E-state index in [1.54, 1.807) is 16.8 Å². The van der Waals surface area contributed by atoms with Gasteiger partial charge < -0.3 is 9.84 Å². The Balaban J connectivity index is 1.55. The summed E-state index contributed by atoms with van der Waals surface area (Å²) in [4.78, 5) is 14.1. The number of aryl methyl sites for hydroxylation is 1. The van der Waals surface area contributed by atoms with Gasteiger partial charge in [-0.1, -0.05) is 48.0 Å². The van der Waals surface area contributed by atoms with Crippen molar-refractivity contribution in [2.45, 2.75) is 26.6 Å². The third kappa shape index (κ3) is 5.30. The van der Waals surface area contributed by atoms with Gasteiger partial charge in [-0.2, -0.15) is 5.10 Å². The van der Waals surface area contributed by atoms with Crippen molar-refractivity contribution in [1.82, 2.24) is 9.78 Å². The van der Waals surface area contributed by atoms with Gasteiger partial charge in [-0.25, -0.2) is 4.79 Å². The highest BCUT2D eigenvalue weighted by molar-refractivity contribution is 7.09. The summed E-state index contributed by atoms with van der Waals surface area (Å²) < 4.78 is 7.81. The zero-order valence-corrected chi connectivity index (χ0v) is 19.0. The number of anilines is 1. The lowest BCUT2D eigenvalue weighted by Gasteiger charge is -2.15. The Bertz CT molecular complexity index is 1190. The Labute approximate surface area is 195 Å². The summed E-state index contributed by atoms with van der Waals surface area (Å²) in [6, 6.07) is 21.0. The molecule has 1 N–H and O–H groups in total. The van der Waals surface area contributed by atoms with E-state index in [9.17, 15) is 9.90 Å². The monoisotopic (exact) mass is 467 g/mol. The molecule has 164 valence electrons. The minimum atomic E-state index is -1.04. The molecule has 32 heavy (non-hydrogen) atoms. The van der Waals surface area contributed by atoms with E-state index in [1.165, 1.54) is 16.2 Å². The number of carboxylic acid groups (broad SMARTS) is 1. The van der Waals surface area contributed by atoms with Crippen LogP contribution >= 0.6 is 22.9 Å². The van der Waals surface area contributed by atoms with Crippen LogP contribution in [0.25, 0.3) is 0 Å². The molecule has 0 aliphatic rings. The van der Waals surface area contributed by atoms with Crippen LogP contribution in [0.4, 0.5) is 10.6 Å². The minimum Gasteiger partial charge on any atom is -0.489 e. The van der Waals surface area contributed by atoms with Gasteiger partial charge in [0.1, 0.15) is 12.4 Å². The smallest absolute Gasteiger partial charge is 0.413 e. The van der Waals surface area contributed by atoms with Crippen LogP contribution in [0.15, 0.2) is 72.1 Å². The SMILES string of the molecule is Cc1cc(N(Cc2cccs2)C(=O)O)nn1Cc1cc(Cl)ccc1OCc1ccccc1. The Morgan fingerprint density at radius 3 is 2.69 bits per heavy atom. The fraction of sp³-hybridized carbons (Fsp3) is 0.167. The highest BCUT2D eigenvalue weighted by atomic mass is 35.5. The topological polar surface area (TPSA) is 67.6 Å². The summed E-state index contributed by atoms with van der Waals surface area (Å²) in [6.45, 7) is 3.00. The molecule has 0 saturated heterocycles. The van der Waals surface area contributed by atoms with Crippen LogP contribution in [0.3, 0.4) is 0 Å². The van der Waals surface area contributed by atoms with Crippen LogP contribution in [0.2, 0.25) is 5.02 Å². The number of carbonyl (C=O) groups is 1. The molecule has 0 unspecified atom stereocenters. The van der Waals surface area contributed by atoms with Gasteiger partial charge in [0, 0.05) is 27.2 Å². The summed E-state index contributed by atoms with van der Waals surface area (Å²) >= 11 is 7.76. The number of halogens is 1. The highest BCUT2D eigenvalue weighted by Gasteiger charge is 2.20. The summed E-state index contributed by atoms with van der Waals surface area (Å²) in [6.07, 6.45) is -1.04. The van der Waals surface area contributed by atoms with Gasteiger partial charge in [-0.3, -0.25) is 9.58 Å². The standard InChI is InChI=1S/C24H22ClN3O3S/c1-17-12-23(27(24(29)30)15-21-8-5-11-32-21)26-28(17)14-19-13-20(25)9-10-22(19)31-16-18-6-3-2-4-7-18/h2-13H,14-16H2,1H3,(H,29,30). The van der Waals surface area contributed by atoms with Crippen LogP contribution in [0.1, 0.15) is 21.7 Å². The quantitative estimate of drug-likeness (QED) is 0.334. The van der Waals surface area contributed by atoms with Gasteiger partial charge >= 0.3 is 6.09 Å². The molecular formula is C24H22ClN3O3S. The van der Waals surface area contributed by atoms with E-state index < -0.39 is 6.09 Å². The maximum atomic E-state index is 11.9. The number of hydrogen-bond acceptors (Lipinski definition) is 4. The Kier molecular flexibility index (Phi) is 6.78. The second kappa shape index (κ2) is 9.89. The molecule has 0 bridgehead atoms. The molecule has 2 aromatic heterocycles. The number of aromatic nitrogens is 2. The van der Waals surface area contributed by atoms with Gasteiger partial charge in [0.05, 0.1) is 13.1 Å². The molecule has 4 aromatic rings. The first-order chi connectivity index (χ1) is 15.5. The zero-order chi connectivity index (χ0) is 22.5. The lowest BCUT2D eigenvalue weighted by molar-refractivity contribution is 0.201. The average molecular weight is 468 g/mol. The van der Waals surface area contributed by atoms with E-state index in [-0.39, 0.29) is 6.54 Å². The third-order valence-electron chi connectivity index (χ3n) is 4.95. The number of ether oxygens (including phenoxy) is 1. The molecule has 1 amide bonds. The molecule has 0 aliphatic carbocycles. The van der Waals surface area contributed by atoms with Crippen molar-refractivity contribution in [3.8, 4) is 5.75 Å². The zero-order valence-electron chi connectivity index (χ0n) is 17.4. The van der Waals surface area contributed by atoms with Crippen LogP contribution in [0.5, 0.6) is 5.75 Å². The van der Waals surface area contributed by atoms with Crippen molar-refractivity contribution in [3.63, 3.8) is 0 Å². The minimum absolute atomic E-state index is 0.256. The Hall–Kier alpha value is -3.29. The van der Waals surface area contributed by atoms with Crippen LogP contribution in [-0.4, -0.2) is 21.0 Å². The van der Waals surface area contributed by atoms with Gasteiger partial charge in [0.2, 0.25) is 0 Å². The first kappa shape index (κ1) is 21.9. The predicted octanol–water partition coefficient (Wildman–Crippen LogP) is 6.22. The number of rotatable bonds is 8. The maximum absolute atomic E-state index is 11.9. The van der Waals surface area contributed by atoms with Crippen molar-refractivity contribution >= 4 is 34.8 Å². The molecule has 0 spiro atoms. The number of amides is 1. The predicted molar refractivity (Wildman–Crippen MR) is 127 cm³/mol. The van der Waals surface area contributed by atoms with Gasteiger partial charge in [0.15, 0.2) is 5.82 Å². The molecule has 0 atom stereocenters. The van der Waals surface area contributed by atoms with Gasteiger partial charge in [-0.15, -0.1) is 11.3 Å². The largest absolute Gasteiger partial charge is 0.489 e. The van der Waals surface area contributed by atoms with Crippen molar-refractivity contribution in [2.75, 3.05) is 4.90 Å². The fourth-order valence-electron chi connectivity index (χ4n) is 3.30. The van der Waals surface area contributed by atoms with E-state index in [4.69, 9.17) is 16.3 Å². The number of nitrogens with zero attached hydrogens (tertiary/aromatic N) is 3. The van der Waals surface area contributed by atoms with E-state index in [0.717, 1.165) is 21.7 Å². The molecular weight excluding hydrogens is 446 g/mol.